The van der Waals surface area contributed by atoms with E-state index in [4.69, 9.17) is 9.72 Å². The standard InChI is InChI=1S/C29H29FN4O5/c1-3-29(38)17-9-22-25-15(11-34(22)27(36)16(17)12-39-28(29)37)24-19(33-26(35)20-5-4-8-31-20)7-6-14-13(2)18(30)10-21(32-25)23(14)24/h9-10,19-20,31,38H,3-8,11-12H2,1-2H3,(H,33,35)/t19-,20+,29-/m0/s1. The Kier molecular flexibility index (Phi) is 5.28. The van der Waals surface area contributed by atoms with Gasteiger partial charge >= 0.3 is 5.97 Å². The SMILES string of the molecule is CC[C@@]1(O)C(=O)OCc2c1cc1n(c2=O)Cc2c-1nc1cc(F)c(C)c3c1c2[C@@H](NC(=O)[C@H]1CCCN1)CC3. The molecule has 1 saturated heterocycles. The number of nitrogens with zero attached hydrogens (tertiary/aromatic N) is 2. The van der Waals surface area contributed by atoms with Crippen LogP contribution in [0.1, 0.15) is 72.0 Å². The molecule has 39 heavy (non-hydrogen) atoms. The lowest BCUT2D eigenvalue weighted by atomic mass is 9.81. The summed E-state index contributed by atoms with van der Waals surface area (Å²) in [6.07, 6.45) is 2.96. The highest BCUT2D eigenvalue weighted by molar-refractivity contribution is 5.94. The van der Waals surface area contributed by atoms with E-state index in [1.807, 2.05) is 0 Å². The molecular weight excluding hydrogens is 503 g/mol. The predicted molar refractivity (Wildman–Crippen MR) is 139 cm³/mol. The van der Waals surface area contributed by atoms with Crippen molar-refractivity contribution in [2.45, 2.75) is 76.8 Å². The number of amides is 1. The molecule has 7 rings (SSSR count). The van der Waals surface area contributed by atoms with Gasteiger partial charge in [0.15, 0.2) is 5.60 Å². The van der Waals surface area contributed by atoms with Gasteiger partial charge in [0.05, 0.1) is 41.1 Å². The number of carbonyl (C=O) groups excluding carboxylic acids is 2. The van der Waals surface area contributed by atoms with E-state index in [0.717, 1.165) is 41.5 Å². The van der Waals surface area contributed by atoms with Crippen molar-refractivity contribution in [2.75, 3.05) is 6.54 Å². The first-order valence-electron chi connectivity index (χ1n) is 13.6. The lowest BCUT2D eigenvalue weighted by molar-refractivity contribution is -0.172. The second-order valence-corrected chi connectivity index (χ2v) is 11.1. The highest BCUT2D eigenvalue weighted by atomic mass is 19.1. The van der Waals surface area contributed by atoms with Crippen LogP contribution < -0.4 is 16.2 Å². The Balaban J connectivity index is 1.46. The van der Waals surface area contributed by atoms with Crippen molar-refractivity contribution in [1.29, 1.82) is 0 Å². The van der Waals surface area contributed by atoms with Crippen molar-refractivity contribution in [1.82, 2.24) is 20.2 Å². The number of cyclic esters (lactones) is 1. The number of hydrogen-bond acceptors (Lipinski definition) is 7. The lowest BCUT2D eigenvalue weighted by Crippen LogP contribution is -2.44. The summed E-state index contributed by atoms with van der Waals surface area (Å²) in [7, 11) is 0. The first kappa shape index (κ1) is 24.4. The summed E-state index contributed by atoms with van der Waals surface area (Å²) in [4.78, 5) is 44.2. The largest absolute Gasteiger partial charge is 0.458 e. The zero-order valence-corrected chi connectivity index (χ0v) is 21.8. The van der Waals surface area contributed by atoms with E-state index < -0.39 is 11.6 Å². The Morgan fingerprint density at radius 3 is 2.85 bits per heavy atom. The van der Waals surface area contributed by atoms with Crippen molar-refractivity contribution in [3.05, 3.63) is 61.7 Å². The summed E-state index contributed by atoms with van der Waals surface area (Å²) >= 11 is 0. The highest BCUT2D eigenvalue weighted by Gasteiger charge is 2.46. The Morgan fingerprint density at radius 2 is 2.10 bits per heavy atom. The predicted octanol–water partition coefficient (Wildman–Crippen LogP) is 2.38. The van der Waals surface area contributed by atoms with Crippen LogP contribution in [0.25, 0.3) is 22.3 Å². The minimum absolute atomic E-state index is 0.0438. The van der Waals surface area contributed by atoms with Crippen LogP contribution in [0.15, 0.2) is 16.9 Å². The molecule has 1 fully saturated rings. The number of rotatable bonds is 3. The van der Waals surface area contributed by atoms with E-state index in [1.165, 1.54) is 6.07 Å². The number of fused-ring (bicyclic) bond motifs is 5. The van der Waals surface area contributed by atoms with Crippen LogP contribution in [0.2, 0.25) is 0 Å². The van der Waals surface area contributed by atoms with E-state index in [0.29, 0.717) is 35.3 Å². The van der Waals surface area contributed by atoms with Gasteiger partial charge < -0.3 is 25.0 Å². The van der Waals surface area contributed by atoms with Gasteiger partial charge in [-0.25, -0.2) is 14.2 Å². The quantitative estimate of drug-likeness (QED) is 0.346. The van der Waals surface area contributed by atoms with Gasteiger partial charge in [0, 0.05) is 22.6 Å². The number of ether oxygens (including phenoxy) is 1. The first-order valence-corrected chi connectivity index (χ1v) is 13.6. The van der Waals surface area contributed by atoms with Crippen LogP contribution in [0.4, 0.5) is 4.39 Å². The second-order valence-electron chi connectivity index (χ2n) is 11.1. The summed E-state index contributed by atoms with van der Waals surface area (Å²) in [6.45, 7) is 4.23. The molecule has 0 unspecified atom stereocenters. The molecule has 3 atom stereocenters. The first-order chi connectivity index (χ1) is 18.7. The molecule has 3 aliphatic heterocycles. The average Bonchev–Trinajstić information content (AvgIpc) is 3.59. The van der Waals surface area contributed by atoms with Crippen molar-refractivity contribution in [3.8, 4) is 11.4 Å². The molecule has 1 amide bonds. The lowest BCUT2D eigenvalue weighted by Gasteiger charge is -2.31. The Labute approximate surface area is 223 Å². The topological polar surface area (TPSA) is 123 Å². The number of aromatic nitrogens is 2. The number of benzene rings is 1. The van der Waals surface area contributed by atoms with Gasteiger partial charge in [0.1, 0.15) is 12.4 Å². The summed E-state index contributed by atoms with van der Waals surface area (Å²) in [5, 5.41) is 18.5. The van der Waals surface area contributed by atoms with Crippen molar-refractivity contribution in [3.63, 3.8) is 0 Å². The van der Waals surface area contributed by atoms with E-state index in [2.05, 4.69) is 10.6 Å². The van der Waals surface area contributed by atoms with E-state index in [1.54, 1.807) is 24.5 Å². The van der Waals surface area contributed by atoms with Gasteiger partial charge in [0.2, 0.25) is 5.91 Å². The van der Waals surface area contributed by atoms with Gasteiger partial charge in [-0.3, -0.25) is 9.59 Å². The molecule has 10 heteroatoms. The smallest absolute Gasteiger partial charge is 0.343 e. The number of nitrogens with one attached hydrogen (secondary N) is 2. The van der Waals surface area contributed by atoms with Crippen LogP contribution in [-0.2, 0) is 39.5 Å². The molecular formula is C29H29FN4O5. The summed E-state index contributed by atoms with van der Waals surface area (Å²) in [6, 6.07) is 2.50. The van der Waals surface area contributed by atoms with Crippen molar-refractivity contribution >= 4 is 22.8 Å². The molecule has 0 saturated carbocycles. The van der Waals surface area contributed by atoms with Gasteiger partial charge in [-0.2, -0.15) is 0 Å². The molecule has 4 aliphatic rings. The summed E-state index contributed by atoms with van der Waals surface area (Å²) in [5.41, 5.74) is 2.72. The maximum Gasteiger partial charge on any atom is 0.343 e. The Bertz CT molecular complexity index is 1680. The minimum Gasteiger partial charge on any atom is -0.458 e. The van der Waals surface area contributed by atoms with Crippen LogP contribution in [-0.4, -0.2) is 39.1 Å². The van der Waals surface area contributed by atoms with Gasteiger partial charge in [0.25, 0.3) is 5.56 Å². The second kappa shape index (κ2) is 8.43. The van der Waals surface area contributed by atoms with Crippen LogP contribution >= 0.6 is 0 Å². The van der Waals surface area contributed by atoms with Gasteiger partial charge in [-0.15, -0.1) is 0 Å². The fourth-order valence-electron chi connectivity index (χ4n) is 6.88. The number of hydrogen-bond donors (Lipinski definition) is 3. The molecule has 1 aromatic carbocycles. The third kappa shape index (κ3) is 3.31. The molecule has 3 N–H and O–H groups in total. The number of pyridine rings is 2. The van der Waals surface area contributed by atoms with E-state index in [-0.39, 0.29) is 60.1 Å². The van der Waals surface area contributed by atoms with Gasteiger partial charge in [-0.05, 0) is 68.3 Å². The van der Waals surface area contributed by atoms with Crippen LogP contribution in [0.5, 0.6) is 0 Å². The monoisotopic (exact) mass is 532 g/mol. The zero-order chi connectivity index (χ0) is 27.2. The average molecular weight is 533 g/mol. The third-order valence-corrected chi connectivity index (χ3v) is 9.07. The number of aryl methyl sites for hydroxylation is 1. The molecule has 1 aliphatic carbocycles. The fourth-order valence-corrected chi connectivity index (χ4v) is 6.88. The molecule has 2 aromatic heterocycles. The molecule has 3 aromatic rings. The number of aliphatic hydroxyl groups is 1. The minimum atomic E-state index is -1.93. The molecule has 0 bridgehead atoms. The van der Waals surface area contributed by atoms with E-state index in [9.17, 15) is 19.5 Å². The molecule has 0 radical (unpaired) electrons. The fraction of sp³-hybridized carbons (Fsp3) is 0.448. The molecule has 5 heterocycles. The number of esters is 1. The van der Waals surface area contributed by atoms with Crippen molar-refractivity contribution in [2.24, 2.45) is 0 Å². The zero-order valence-electron chi connectivity index (χ0n) is 21.8. The number of carbonyl (C=O) groups is 2. The summed E-state index contributed by atoms with van der Waals surface area (Å²) < 4.78 is 21.8. The number of halogens is 1. The van der Waals surface area contributed by atoms with Gasteiger partial charge in [-0.1, -0.05) is 6.92 Å². The summed E-state index contributed by atoms with van der Waals surface area (Å²) in [5.74, 6) is -1.20. The normalized spacial score (nSPS) is 24.8. The van der Waals surface area contributed by atoms with E-state index >= 15 is 4.39 Å². The maximum atomic E-state index is 15.0. The maximum absolute atomic E-state index is 15.0. The van der Waals surface area contributed by atoms with Crippen LogP contribution in [0.3, 0.4) is 0 Å². The highest BCUT2D eigenvalue weighted by Crippen LogP contribution is 2.46. The molecule has 9 nitrogen and oxygen atoms in total. The Morgan fingerprint density at radius 1 is 1.28 bits per heavy atom. The third-order valence-electron chi connectivity index (χ3n) is 9.07. The molecule has 0 spiro atoms. The molecule has 202 valence electrons. The Hall–Kier alpha value is -3.63. The van der Waals surface area contributed by atoms with Crippen LogP contribution in [0, 0.1) is 12.7 Å². The van der Waals surface area contributed by atoms with Crippen molar-refractivity contribution < 1.29 is 23.8 Å².